The second-order valence-corrected chi connectivity index (χ2v) is 12.7. The van der Waals surface area contributed by atoms with Crippen LogP contribution in [0.3, 0.4) is 0 Å². The van der Waals surface area contributed by atoms with Crippen molar-refractivity contribution >= 4 is 17.9 Å². The van der Waals surface area contributed by atoms with Gasteiger partial charge in [0.15, 0.2) is 6.10 Å². The van der Waals surface area contributed by atoms with Crippen molar-refractivity contribution in [2.75, 3.05) is 19.8 Å². The lowest BCUT2D eigenvalue weighted by molar-refractivity contribution is -0.153. The number of esters is 3. The van der Waals surface area contributed by atoms with E-state index in [4.69, 9.17) is 23.7 Å². The molecule has 2 unspecified atom stereocenters. The molecule has 1 aliphatic rings. The Kier molecular flexibility index (Phi) is 16.2. The van der Waals surface area contributed by atoms with Crippen LogP contribution in [0.4, 0.5) is 0 Å². The summed E-state index contributed by atoms with van der Waals surface area (Å²) in [6, 6.07) is 21.1. The van der Waals surface area contributed by atoms with E-state index in [0.29, 0.717) is 36.2 Å². The molecule has 3 aromatic carbocycles. The number of unbranched alkanes of at least 4 members (excludes halogenated alkanes) is 10. The van der Waals surface area contributed by atoms with E-state index >= 15 is 0 Å². The molecule has 0 spiro atoms. The van der Waals surface area contributed by atoms with Gasteiger partial charge in [-0.25, -0.2) is 14.4 Å². The van der Waals surface area contributed by atoms with E-state index in [0.717, 1.165) is 42.7 Å². The largest absolute Gasteiger partial charge is 0.494 e. The molecule has 0 radical (unpaired) electrons. The average Bonchev–Trinajstić information content (AvgIpc) is 3.95. The van der Waals surface area contributed by atoms with E-state index in [9.17, 15) is 14.4 Å². The number of hydrogen-bond acceptors (Lipinski definition) is 8. The summed E-state index contributed by atoms with van der Waals surface area (Å²) in [7, 11) is 0. The van der Waals surface area contributed by atoms with Crippen molar-refractivity contribution in [3.8, 4) is 22.6 Å². The van der Waals surface area contributed by atoms with Crippen molar-refractivity contribution in [2.45, 2.75) is 110 Å². The molecule has 1 fully saturated rings. The number of epoxide rings is 1. The number of rotatable bonds is 23. The first-order chi connectivity index (χ1) is 23.9. The predicted molar refractivity (Wildman–Crippen MR) is 190 cm³/mol. The van der Waals surface area contributed by atoms with Gasteiger partial charge < -0.3 is 23.7 Å². The van der Waals surface area contributed by atoms with Crippen LogP contribution in [0, 0.1) is 0 Å². The lowest BCUT2D eigenvalue weighted by atomic mass is 10.0. The summed E-state index contributed by atoms with van der Waals surface area (Å²) >= 11 is 0. The first-order valence-corrected chi connectivity index (χ1v) is 18.1. The molecule has 0 N–H and O–H groups in total. The van der Waals surface area contributed by atoms with Crippen molar-refractivity contribution < 1.29 is 38.1 Å². The monoisotopic (exact) mass is 672 g/mol. The van der Waals surface area contributed by atoms with Gasteiger partial charge in [-0.1, -0.05) is 95.4 Å². The van der Waals surface area contributed by atoms with Crippen LogP contribution in [0.2, 0.25) is 0 Å². The zero-order chi connectivity index (χ0) is 34.7. The number of ether oxygens (including phenoxy) is 5. The number of hydrogen-bond donors (Lipinski definition) is 0. The van der Waals surface area contributed by atoms with Crippen molar-refractivity contribution in [3.63, 3.8) is 0 Å². The summed E-state index contributed by atoms with van der Waals surface area (Å²) in [4.78, 5) is 37.2. The Labute approximate surface area is 291 Å². The molecule has 49 heavy (non-hydrogen) atoms. The maximum atomic E-state index is 12.7. The highest BCUT2D eigenvalue weighted by atomic mass is 16.6. The van der Waals surface area contributed by atoms with E-state index in [-0.39, 0.29) is 0 Å². The molecule has 3 aromatic rings. The van der Waals surface area contributed by atoms with Crippen molar-refractivity contribution in [1.29, 1.82) is 0 Å². The Bertz CT molecular complexity index is 1410. The van der Waals surface area contributed by atoms with Gasteiger partial charge in [0.1, 0.15) is 11.5 Å². The third kappa shape index (κ3) is 14.1. The molecule has 4 rings (SSSR count). The highest BCUT2D eigenvalue weighted by Crippen LogP contribution is 2.24. The molecule has 0 saturated carbocycles. The maximum absolute atomic E-state index is 12.7. The van der Waals surface area contributed by atoms with Crippen LogP contribution in [0.1, 0.15) is 118 Å². The van der Waals surface area contributed by atoms with Gasteiger partial charge in [0.25, 0.3) is 0 Å². The van der Waals surface area contributed by atoms with E-state index in [1.54, 1.807) is 60.7 Å². The zero-order valence-corrected chi connectivity index (χ0v) is 29.2. The summed E-state index contributed by atoms with van der Waals surface area (Å²) in [6.07, 6.45) is 15.3. The lowest BCUT2D eigenvalue weighted by Gasteiger charge is -2.13. The molecule has 1 saturated heterocycles. The van der Waals surface area contributed by atoms with Gasteiger partial charge in [-0.2, -0.15) is 0 Å². The van der Waals surface area contributed by atoms with Gasteiger partial charge >= 0.3 is 17.9 Å². The first-order valence-electron chi connectivity index (χ1n) is 18.1. The fourth-order valence-corrected chi connectivity index (χ4v) is 5.39. The van der Waals surface area contributed by atoms with Crippen LogP contribution in [0.5, 0.6) is 11.5 Å². The highest BCUT2D eigenvalue weighted by Gasteiger charge is 2.21. The Morgan fingerprint density at radius 2 is 1.16 bits per heavy atom. The summed E-state index contributed by atoms with van der Waals surface area (Å²) in [5.41, 5.74) is 2.53. The molecule has 1 aliphatic heterocycles. The quantitative estimate of drug-likeness (QED) is 0.0425. The fourth-order valence-electron chi connectivity index (χ4n) is 5.39. The summed E-state index contributed by atoms with van der Waals surface area (Å²) in [5.74, 6) is -0.430. The SMILES string of the molecule is CCCCOC(=O)C(C)OC(=O)c1ccc(-c2ccc(OC(=O)c3ccc(OCCCCCCCCCCCCC4CO4)cc3)cc2)cc1. The highest BCUT2D eigenvalue weighted by molar-refractivity contribution is 5.92. The standard InChI is InChI=1S/C41H52O8/c1-3-4-28-46-39(42)31(2)48-40(43)34-18-16-32(17-19-34)33-20-26-37(27-21-33)49-41(44)35-22-24-36(25-23-35)45-29-14-12-10-8-6-5-7-9-11-13-15-38-30-47-38/h16-27,31,38H,3-15,28-30H2,1-2H3. The van der Waals surface area contributed by atoms with Gasteiger partial charge in [-0.05, 0) is 85.8 Å². The Hall–Kier alpha value is -4.17. The van der Waals surface area contributed by atoms with Crippen molar-refractivity contribution in [2.24, 2.45) is 0 Å². The minimum atomic E-state index is -0.983. The number of benzene rings is 3. The lowest BCUT2D eigenvalue weighted by Crippen LogP contribution is -2.26. The van der Waals surface area contributed by atoms with Gasteiger partial charge in [0.05, 0.1) is 37.1 Å². The molecule has 0 aromatic heterocycles. The predicted octanol–water partition coefficient (Wildman–Crippen LogP) is 9.53. The first kappa shape index (κ1) is 37.6. The molecule has 2 atom stereocenters. The molecule has 0 bridgehead atoms. The summed E-state index contributed by atoms with van der Waals surface area (Å²) in [6.45, 7) is 5.46. The van der Waals surface area contributed by atoms with E-state index in [1.807, 2.05) is 19.1 Å². The van der Waals surface area contributed by atoms with Gasteiger partial charge in [-0.3, -0.25) is 0 Å². The topological polar surface area (TPSA) is 101 Å². The molecule has 8 nitrogen and oxygen atoms in total. The van der Waals surface area contributed by atoms with Crippen LogP contribution >= 0.6 is 0 Å². The average molecular weight is 673 g/mol. The van der Waals surface area contributed by atoms with E-state index < -0.39 is 24.0 Å². The van der Waals surface area contributed by atoms with Crippen LogP contribution in [0.15, 0.2) is 72.8 Å². The van der Waals surface area contributed by atoms with Crippen molar-refractivity contribution in [3.05, 3.63) is 83.9 Å². The second-order valence-electron chi connectivity index (χ2n) is 12.7. The smallest absolute Gasteiger partial charge is 0.347 e. The van der Waals surface area contributed by atoms with Gasteiger partial charge in [0, 0.05) is 0 Å². The molecular formula is C41H52O8. The molecule has 264 valence electrons. The minimum absolute atomic E-state index is 0.310. The van der Waals surface area contributed by atoms with Crippen LogP contribution in [0.25, 0.3) is 11.1 Å². The molecule has 0 aliphatic carbocycles. The number of carbonyl (C=O) groups excluding carboxylic acids is 3. The molecule has 8 heteroatoms. The Morgan fingerprint density at radius 1 is 0.653 bits per heavy atom. The van der Waals surface area contributed by atoms with Crippen LogP contribution < -0.4 is 9.47 Å². The molecule has 0 amide bonds. The van der Waals surface area contributed by atoms with E-state index in [2.05, 4.69) is 0 Å². The van der Waals surface area contributed by atoms with Crippen LogP contribution in [-0.2, 0) is 19.0 Å². The Balaban J connectivity index is 1.09. The molecule has 1 heterocycles. The Morgan fingerprint density at radius 3 is 1.76 bits per heavy atom. The minimum Gasteiger partial charge on any atom is -0.494 e. The van der Waals surface area contributed by atoms with E-state index in [1.165, 1.54) is 71.1 Å². The van der Waals surface area contributed by atoms with Gasteiger partial charge in [0.2, 0.25) is 0 Å². The summed E-state index contributed by atoms with van der Waals surface area (Å²) < 4.78 is 27.1. The third-order valence-corrected chi connectivity index (χ3v) is 8.56. The summed E-state index contributed by atoms with van der Waals surface area (Å²) in [5, 5.41) is 0. The second kappa shape index (κ2) is 21.0. The number of carbonyl (C=O) groups is 3. The molecular weight excluding hydrogens is 620 g/mol. The zero-order valence-electron chi connectivity index (χ0n) is 29.2. The normalized spacial score (nSPS) is 14.1. The van der Waals surface area contributed by atoms with Gasteiger partial charge in [-0.15, -0.1) is 0 Å². The maximum Gasteiger partial charge on any atom is 0.347 e. The van der Waals surface area contributed by atoms with Crippen molar-refractivity contribution in [1.82, 2.24) is 0 Å². The van der Waals surface area contributed by atoms with Crippen LogP contribution in [-0.4, -0.2) is 49.9 Å². The fraction of sp³-hybridized carbons (Fsp3) is 0.488. The third-order valence-electron chi connectivity index (χ3n) is 8.56.